The van der Waals surface area contributed by atoms with E-state index in [4.69, 9.17) is 5.84 Å². The molecule has 1 aromatic heterocycles. The van der Waals surface area contributed by atoms with E-state index in [-0.39, 0.29) is 0 Å². The summed E-state index contributed by atoms with van der Waals surface area (Å²) in [7, 11) is 4.22. The summed E-state index contributed by atoms with van der Waals surface area (Å²) < 4.78 is 0. The van der Waals surface area contributed by atoms with E-state index in [0.717, 1.165) is 50.9 Å². The summed E-state index contributed by atoms with van der Waals surface area (Å²) in [5, 5.41) is 0. The molecule has 0 atom stereocenters. The van der Waals surface area contributed by atoms with Gasteiger partial charge in [-0.15, -0.1) is 0 Å². The molecule has 0 spiro atoms. The number of rotatable bonds is 5. The Morgan fingerprint density at radius 3 is 2.55 bits per heavy atom. The molecule has 1 aliphatic heterocycles. The van der Waals surface area contributed by atoms with Crippen molar-refractivity contribution in [3.63, 3.8) is 0 Å². The molecule has 0 bridgehead atoms. The van der Waals surface area contributed by atoms with Crippen LogP contribution >= 0.6 is 0 Å². The van der Waals surface area contributed by atoms with Gasteiger partial charge in [0.2, 0.25) is 0 Å². The first-order valence-corrected chi connectivity index (χ1v) is 7.03. The van der Waals surface area contributed by atoms with Gasteiger partial charge >= 0.3 is 0 Å². The Morgan fingerprint density at radius 1 is 1.25 bits per heavy atom. The van der Waals surface area contributed by atoms with Gasteiger partial charge in [0.15, 0.2) is 0 Å². The van der Waals surface area contributed by atoms with E-state index >= 15 is 0 Å². The number of likely N-dealkylation sites (N-methyl/N-ethyl adjacent to an activating group) is 1. The number of nitrogens with two attached hydrogens (primary N) is 1. The molecule has 2 rings (SSSR count). The number of hydrazine groups is 1. The number of aromatic nitrogens is 2. The van der Waals surface area contributed by atoms with Crippen molar-refractivity contribution < 1.29 is 0 Å². The Hall–Kier alpha value is -1.44. The topological polar surface area (TPSA) is 73.6 Å². The fourth-order valence-electron chi connectivity index (χ4n) is 2.33. The molecule has 0 saturated carbocycles. The SMILES string of the molecule is Cc1nc(NN)cc(N2CCN(CCN(C)C)CC2)n1. The molecule has 2 heterocycles. The minimum absolute atomic E-state index is 0.669. The summed E-state index contributed by atoms with van der Waals surface area (Å²) in [6.07, 6.45) is 0. The maximum absolute atomic E-state index is 5.44. The van der Waals surface area contributed by atoms with Crippen molar-refractivity contribution >= 4 is 11.6 Å². The molecule has 112 valence electrons. The second-order valence-electron chi connectivity index (χ2n) is 5.43. The molecule has 0 amide bonds. The van der Waals surface area contributed by atoms with E-state index in [1.807, 2.05) is 13.0 Å². The van der Waals surface area contributed by atoms with Gasteiger partial charge < -0.3 is 15.2 Å². The smallest absolute Gasteiger partial charge is 0.145 e. The lowest BCUT2D eigenvalue weighted by atomic mass is 10.3. The van der Waals surface area contributed by atoms with Gasteiger partial charge in [0.1, 0.15) is 17.5 Å². The van der Waals surface area contributed by atoms with Crippen LogP contribution < -0.4 is 16.2 Å². The molecule has 0 aliphatic carbocycles. The molecular weight excluding hydrogens is 254 g/mol. The summed E-state index contributed by atoms with van der Waals surface area (Å²) in [6.45, 7) is 8.25. The van der Waals surface area contributed by atoms with Gasteiger partial charge in [0, 0.05) is 45.3 Å². The molecule has 1 aliphatic rings. The van der Waals surface area contributed by atoms with Crippen LogP contribution in [0.25, 0.3) is 0 Å². The first kappa shape index (κ1) is 15.0. The van der Waals surface area contributed by atoms with Gasteiger partial charge in [0.05, 0.1) is 0 Å². The van der Waals surface area contributed by atoms with Crippen molar-refractivity contribution in [3.8, 4) is 0 Å². The zero-order chi connectivity index (χ0) is 14.5. The molecule has 20 heavy (non-hydrogen) atoms. The van der Waals surface area contributed by atoms with Gasteiger partial charge in [0.25, 0.3) is 0 Å². The maximum atomic E-state index is 5.44. The number of piperazine rings is 1. The third kappa shape index (κ3) is 4.03. The molecule has 0 aromatic carbocycles. The Kier molecular flexibility index (Phi) is 5.11. The monoisotopic (exact) mass is 279 g/mol. The Balaban J connectivity index is 1.91. The minimum Gasteiger partial charge on any atom is -0.354 e. The van der Waals surface area contributed by atoms with E-state index in [1.54, 1.807) is 0 Å². The molecule has 7 nitrogen and oxygen atoms in total. The average molecular weight is 279 g/mol. The van der Waals surface area contributed by atoms with Crippen LogP contribution in [0.4, 0.5) is 11.6 Å². The van der Waals surface area contributed by atoms with E-state index in [9.17, 15) is 0 Å². The van der Waals surface area contributed by atoms with Crippen molar-refractivity contribution in [1.82, 2.24) is 19.8 Å². The maximum Gasteiger partial charge on any atom is 0.145 e. The zero-order valence-corrected chi connectivity index (χ0v) is 12.6. The summed E-state index contributed by atoms with van der Waals surface area (Å²) in [6, 6.07) is 1.91. The number of aryl methyl sites for hydroxylation is 1. The second-order valence-corrected chi connectivity index (χ2v) is 5.43. The van der Waals surface area contributed by atoms with Gasteiger partial charge in [-0.1, -0.05) is 0 Å². The highest BCUT2D eigenvalue weighted by molar-refractivity contribution is 5.49. The normalized spacial score (nSPS) is 16.8. The number of nitrogens with zero attached hydrogens (tertiary/aromatic N) is 5. The molecule has 3 N–H and O–H groups in total. The molecule has 0 radical (unpaired) electrons. The third-order valence-electron chi connectivity index (χ3n) is 3.53. The van der Waals surface area contributed by atoms with Crippen LogP contribution in [0.3, 0.4) is 0 Å². The number of nitrogen functional groups attached to an aromatic ring is 1. The summed E-state index contributed by atoms with van der Waals surface area (Å²) in [5.74, 6) is 7.80. The van der Waals surface area contributed by atoms with Crippen LogP contribution in [0.1, 0.15) is 5.82 Å². The molecule has 1 saturated heterocycles. The standard InChI is InChI=1S/C13H25N7/c1-11-15-12(17-14)10-13(16-11)20-8-6-19(7-9-20)5-4-18(2)3/h10H,4-9,14H2,1-3H3,(H,15,16,17). The number of anilines is 2. The Bertz CT molecular complexity index is 427. The summed E-state index contributed by atoms with van der Waals surface area (Å²) >= 11 is 0. The van der Waals surface area contributed by atoms with Crippen LogP contribution in [0.5, 0.6) is 0 Å². The lowest BCUT2D eigenvalue weighted by Crippen LogP contribution is -2.48. The Morgan fingerprint density at radius 2 is 1.95 bits per heavy atom. The number of hydrogen-bond donors (Lipinski definition) is 2. The number of hydrogen-bond acceptors (Lipinski definition) is 7. The fourth-order valence-corrected chi connectivity index (χ4v) is 2.33. The first-order valence-electron chi connectivity index (χ1n) is 7.03. The Labute approximate surface area is 120 Å². The highest BCUT2D eigenvalue weighted by atomic mass is 15.3. The van der Waals surface area contributed by atoms with Crippen LogP contribution in [0.15, 0.2) is 6.07 Å². The first-order chi connectivity index (χ1) is 9.58. The van der Waals surface area contributed by atoms with Crippen molar-refractivity contribution in [3.05, 3.63) is 11.9 Å². The fraction of sp³-hybridized carbons (Fsp3) is 0.692. The quantitative estimate of drug-likeness (QED) is 0.569. The van der Waals surface area contributed by atoms with Gasteiger partial charge in [-0.05, 0) is 21.0 Å². The van der Waals surface area contributed by atoms with E-state index < -0.39 is 0 Å². The largest absolute Gasteiger partial charge is 0.354 e. The molecule has 7 heteroatoms. The van der Waals surface area contributed by atoms with E-state index in [1.165, 1.54) is 0 Å². The highest BCUT2D eigenvalue weighted by Crippen LogP contribution is 2.17. The van der Waals surface area contributed by atoms with Gasteiger partial charge in [-0.2, -0.15) is 0 Å². The van der Waals surface area contributed by atoms with Crippen LogP contribution in [0.2, 0.25) is 0 Å². The molecular formula is C13H25N7. The number of nitrogens with one attached hydrogen (secondary N) is 1. The molecule has 0 unspecified atom stereocenters. The van der Waals surface area contributed by atoms with Gasteiger partial charge in [-0.25, -0.2) is 15.8 Å². The highest BCUT2D eigenvalue weighted by Gasteiger charge is 2.18. The predicted octanol–water partition coefficient (Wildman–Crippen LogP) is -0.246. The van der Waals surface area contributed by atoms with Crippen LogP contribution in [-0.2, 0) is 0 Å². The van der Waals surface area contributed by atoms with Crippen molar-refractivity contribution in [1.29, 1.82) is 0 Å². The lowest BCUT2D eigenvalue weighted by molar-refractivity contribution is 0.229. The van der Waals surface area contributed by atoms with Crippen LogP contribution in [0, 0.1) is 6.92 Å². The van der Waals surface area contributed by atoms with Crippen LogP contribution in [-0.4, -0.2) is 73.1 Å². The summed E-state index contributed by atoms with van der Waals surface area (Å²) in [4.78, 5) is 15.7. The average Bonchev–Trinajstić information content (AvgIpc) is 2.45. The van der Waals surface area contributed by atoms with Crippen molar-refractivity contribution in [2.75, 3.05) is 63.7 Å². The molecule has 1 aromatic rings. The van der Waals surface area contributed by atoms with E-state index in [2.05, 4.69) is 44.2 Å². The predicted molar refractivity (Wildman–Crippen MR) is 81.8 cm³/mol. The minimum atomic E-state index is 0.669. The van der Waals surface area contributed by atoms with Crippen molar-refractivity contribution in [2.24, 2.45) is 5.84 Å². The lowest BCUT2D eigenvalue weighted by Gasteiger charge is -2.36. The molecule has 1 fully saturated rings. The third-order valence-corrected chi connectivity index (χ3v) is 3.53. The van der Waals surface area contributed by atoms with Gasteiger partial charge in [-0.3, -0.25) is 4.90 Å². The second kappa shape index (κ2) is 6.83. The zero-order valence-electron chi connectivity index (χ0n) is 12.6. The van der Waals surface area contributed by atoms with E-state index in [0.29, 0.717) is 5.82 Å². The van der Waals surface area contributed by atoms with Crippen molar-refractivity contribution in [2.45, 2.75) is 6.92 Å². The summed E-state index contributed by atoms with van der Waals surface area (Å²) in [5.41, 5.74) is 2.60.